The van der Waals surface area contributed by atoms with Gasteiger partial charge in [0.05, 0.1) is 6.20 Å². The lowest BCUT2D eigenvalue weighted by molar-refractivity contribution is 0.0745. The second-order valence-corrected chi connectivity index (χ2v) is 3.97. The second-order valence-electron chi connectivity index (χ2n) is 3.61. The number of aliphatic hydroxyl groups is 1. The minimum Gasteiger partial charge on any atom is -0.384 e. The Bertz CT molecular complexity index is 472. The van der Waals surface area contributed by atoms with Crippen LogP contribution >= 0.6 is 11.6 Å². The number of nitrogens with zero attached hydrogens (tertiary/aromatic N) is 3. The number of halogens is 1. The first-order valence-corrected chi connectivity index (χ1v) is 4.58. The Morgan fingerprint density at radius 3 is 2.79 bits per heavy atom. The Morgan fingerprint density at radius 1 is 1.50 bits per heavy atom. The van der Waals surface area contributed by atoms with Gasteiger partial charge >= 0.3 is 0 Å². The molecule has 0 saturated carbocycles. The highest BCUT2D eigenvalue weighted by Gasteiger charge is 2.24. The van der Waals surface area contributed by atoms with E-state index in [0.717, 1.165) is 0 Å². The molecule has 0 aromatic carbocycles. The summed E-state index contributed by atoms with van der Waals surface area (Å²) in [7, 11) is 0. The highest BCUT2D eigenvalue weighted by molar-refractivity contribution is 6.30. The van der Waals surface area contributed by atoms with Crippen LogP contribution in [0.3, 0.4) is 0 Å². The summed E-state index contributed by atoms with van der Waals surface area (Å²) in [6.45, 7) is 3.29. The Labute approximate surface area is 86.2 Å². The average Bonchev–Trinajstić information content (AvgIpc) is 2.44. The highest BCUT2D eigenvalue weighted by atomic mass is 35.5. The summed E-state index contributed by atoms with van der Waals surface area (Å²) in [6.07, 6.45) is 4.93. The van der Waals surface area contributed by atoms with Crippen molar-refractivity contribution in [2.75, 3.05) is 0 Å². The quantitative estimate of drug-likeness (QED) is 0.780. The van der Waals surface area contributed by atoms with Gasteiger partial charge in [0.2, 0.25) is 0 Å². The molecule has 14 heavy (non-hydrogen) atoms. The second kappa shape index (κ2) is 2.93. The van der Waals surface area contributed by atoms with E-state index >= 15 is 0 Å². The van der Waals surface area contributed by atoms with Gasteiger partial charge in [-0.1, -0.05) is 11.6 Å². The molecule has 0 aliphatic heterocycles. The molecular weight excluding hydrogens is 202 g/mol. The molecule has 0 saturated heterocycles. The van der Waals surface area contributed by atoms with Crippen LogP contribution in [0.15, 0.2) is 18.6 Å². The largest absolute Gasteiger partial charge is 0.384 e. The van der Waals surface area contributed by atoms with Crippen molar-refractivity contribution in [3.05, 3.63) is 29.4 Å². The molecule has 74 valence electrons. The van der Waals surface area contributed by atoms with E-state index in [-0.39, 0.29) is 0 Å². The molecular formula is C9H10ClN3O. The number of imidazole rings is 1. The maximum Gasteiger partial charge on any atom is 0.156 e. The molecule has 0 fully saturated rings. The van der Waals surface area contributed by atoms with Crippen LogP contribution in [0, 0.1) is 0 Å². The zero-order chi connectivity index (χ0) is 10.3. The van der Waals surface area contributed by atoms with Gasteiger partial charge in [-0.2, -0.15) is 0 Å². The van der Waals surface area contributed by atoms with Gasteiger partial charge in [0.15, 0.2) is 5.65 Å². The molecule has 0 atom stereocenters. The summed E-state index contributed by atoms with van der Waals surface area (Å²) in [6, 6.07) is 0. The van der Waals surface area contributed by atoms with Gasteiger partial charge < -0.3 is 5.11 Å². The third-order valence-corrected chi connectivity index (χ3v) is 2.31. The van der Waals surface area contributed by atoms with Crippen LogP contribution in [0.1, 0.15) is 19.5 Å². The normalized spacial score (nSPS) is 12.3. The minimum atomic E-state index is -1.04. The third kappa shape index (κ3) is 1.36. The Morgan fingerprint density at radius 2 is 2.21 bits per heavy atom. The SMILES string of the molecule is CC(C)(O)c1nc2cnccn2c1Cl. The molecule has 2 aromatic rings. The fourth-order valence-electron chi connectivity index (χ4n) is 1.27. The molecule has 0 spiro atoms. The molecule has 0 amide bonds. The smallest absolute Gasteiger partial charge is 0.156 e. The summed E-state index contributed by atoms with van der Waals surface area (Å²) < 4.78 is 1.68. The number of fused-ring (bicyclic) bond motifs is 1. The van der Waals surface area contributed by atoms with Gasteiger partial charge in [0, 0.05) is 12.4 Å². The molecule has 1 N–H and O–H groups in total. The zero-order valence-electron chi connectivity index (χ0n) is 7.90. The van der Waals surface area contributed by atoms with Crippen LogP contribution in [0.5, 0.6) is 0 Å². The van der Waals surface area contributed by atoms with Crippen molar-refractivity contribution in [3.63, 3.8) is 0 Å². The fraction of sp³-hybridized carbons (Fsp3) is 0.333. The summed E-state index contributed by atoms with van der Waals surface area (Å²) in [5.41, 5.74) is 0.0603. The zero-order valence-corrected chi connectivity index (χ0v) is 8.65. The minimum absolute atomic E-state index is 0.426. The monoisotopic (exact) mass is 211 g/mol. The number of hydrogen-bond acceptors (Lipinski definition) is 3. The molecule has 2 aromatic heterocycles. The number of rotatable bonds is 1. The van der Waals surface area contributed by atoms with Crippen molar-refractivity contribution < 1.29 is 5.11 Å². The van der Waals surface area contributed by atoms with E-state index in [2.05, 4.69) is 9.97 Å². The van der Waals surface area contributed by atoms with E-state index in [4.69, 9.17) is 11.6 Å². The number of aromatic nitrogens is 3. The van der Waals surface area contributed by atoms with Crippen LogP contribution in [-0.2, 0) is 5.60 Å². The standard InChI is InChI=1S/C9H10ClN3O/c1-9(2,14)7-8(10)13-4-3-11-5-6(13)12-7/h3-5,14H,1-2H3. The molecule has 0 radical (unpaired) electrons. The lowest BCUT2D eigenvalue weighted by Crippen LogP contribution is -2.16. The van der Waals surface area contributed by atoms with E-state index in [9.17, 15) is 5.11 Å². The van der Waals surface area contributed by atoms with Gasteiger partial charge in [-0.05, 0) is 13.8 Å². The Balaban J connectivity index is 2.75. The van der Waals surface area contributed by atoms with E-state index in [0.29, 0.717) is 16.5 Å². The van der Waals surface area contributed by atoms with Crippen LogP contribution in [0.4, 0.5) is 0 Å². The van der Waals surface area contributed by atoms with Crippen molar-refractivity contribution in [2.45, 2.75) is 19.4 Å². The van der Waals surface area contributed by atoms with Crippen molar-refractivity contribution in [1.29, 1.82) is 0 Å². The first-order valence-electron chi connectivity index (χ1n) is 4.20. The van der Waals surface area contributed by atoms with Gasteiger partial charge in [-0.15, -0.1) is 0 Å². The maximum atomic E-state index is 9.79. The van der Waals surface area contributed by atoms with Gasteiger partial charge in [0.25, 0.3) is 0 Å². The first kappa shape index (κ1) is 9.43. The molecule has 0 aliphatic carbocycles. The summed E-state index contributed by atoms with van der Waals surface area (Å²) in [5.74, 6) is 0. The van der Waals surface area contributed by atoms with Gasteiger partial charge in [-0.25, -0.2) is 4.98 Å². The van der Waals surface area contributed by atoms with Crippen LogP contribution < -0.4 is 0 Å². The van der Waals surface area contributed by atoms with E-state index in [1.807, 2.05) is 0 Å². The third-order valence-electron chi connectivity index (χ3n) is 1.95. The van der Waals surface area contributed by atoms with Crippen LogP contribution in [0.2, 0.25) is 5.15 Å². The fourth-order valence-corrected chi connectivity index (χ4v) is 1.68. The molecule has 5 heteroatoms. The molecule has 2 rings (SSSR count). The van der Waals surface area contributed by atoms with E-state index in [1.54, 1.807) is 36.8 Å². The average molecular weight is 212 g/mol. The van der Waals surface area contributed by atoms with Gasteiger partial charge in [-0.3, -0.25) is 9.38 Å². The maximum absolute atomic E-state index is 9.79. The highest BCUT2D eigenvalue weighted by Crippen LogP contribution is 2.27. The van der Waals surface area contributed by atoms with E-state index < -0.39 is 5.60 Å². The summed E-state index contributed by atoms with van der Waals surface area (Å²) in [5, 5.41) is 10.2. The Hall–Kier alpha value is -1.13. The number of hydrogen-bond donors (Lipinski definition) is 1. The molecule has 2 heterocycles. The first-order chi connectivity index (χ1) is 6.50. The molecule has 0 aliphatic rings. The van der Waals surface area contributed by atoms with Crippen LogP contribution in [-0.4, -0.2) is 19.5 Å². The van der Waals surface area contributed by atoms with Crippen molar-refractivity contribution >= 4 is 17.2 Å². The predicted octanol–water partition coefficient (Wildman–Crippen LogP) is 1.61. The lowest BCUT2D eigenvalue weighted by atomic mass is 10.1. The molecule has 0 bridgehead atoms. The van der Waals surface area contributed by atoms with Crippen molar-refractivity contribution in [2.24, 2.45) is 0 Å². The molecule has 4 nitrogen and oxygen atoms in total. The Kier molecular flexibility index (Phi) is 1.97. The van der Waals surface area contributed by atoms with Crippen molar-refractivity contribution in [1.82, 2.24) is 14.4 Å². The van der Waals surface area contributed by atoms with Crippen LogP contribution in [0.25, 0.3) is 5.65 Å². The molecule has 0 unspecified atom stereocenters. The lowest BCUT2D eigenvalue weighted by Gasteiger charge is -2.13. The topological polar surface area (TPSA) is 50.4 Å². The summed E-state index contributed by atoms with van der Waals surface area (Å²) >= 11 is 6.05. The van der Waals surface area contributed by atoms with Gasteiger partial charge in [0.1, 0.15) is 16.4 Å². The summed E-state index contributed by atoms with van der Waals surface area (Å²) in [4.78, 5) is 8.13. The van der Waals surface area contributed by atoms with E-state index in [1.165, 1.54) is 0 Å². The predicted molar refractivity (Wildman–Crippen MR) is 53.2 cm³/mol. The van der Waals surface area contributed by atoms with Crippen molar-refractivity contribution in [3.8, 4) is 0 Å².